The fourth-order valence-corrected chi connectivity index (χ4v) is 6.41. The highest BCUT2D eigenvalue weighted by Crippen LogP contribution is 2.55. The summed E-state index contributed by atoms with van der Waals surface area (Å²) in [5.41, 5.74) is 3.42. The first-order valence-corrected chi connectivity index (χ1v) is 12.3. The molecule has 0 radical (unpaired) electrons. The molecule has 7 nitrogen and oxygen atoms in total. The lowest BCUT2D eigenvalue weighted by Gasteiger charge is -2.49. The van der Waals surface area contributed by atoms with Gasteiger partial charge in [0.25, 0.3) is 0 Å². The molecule has 2 unspecified atom stereocenters. The van der Waals surface area contributed by atoms with E-state index in [1.54, 1.807) is 0 Å². The zero-order valence-corrected chi connectivity index (χ0v) is 19.4. The number of thioether (sulfide) groups is 1. The van der Waals surface area contributed by atoms with E-state index in [1.807, 2.05) is 0 Å². The topological polar surface area (TPSA) is 109 Å². The van der Waals surface area contributed by atoms with Crippen LogP contribution in [0.3, 0.4) is 0 Å². The van der Waals surface area contributed by atoms with E-state index in [9.17, 15) is 9.59 Å². The van der Waals surface area contributed by atoms with Gasteiger partial charge in [0.1, 0.15) is 5.25 Å². The molecular formula is C22H37N5O2S. The van der Waals surface area contributed by atoms with Crippen molar-refractivity contribution in [1.29, 1.82) is 0 Å². The van der Waals surface area contributed by atoms with Crippen LogP contribution in [0.2, 0.25) is 0 Å². The zero-order valence-electron chi connectivity index (χ0n) is 18.6. The van der Waals surface area contributed by atoms with Gasteiger partial charge >= 0.3 is 0 Å². The molecule has 3 aliphatic rings. The third-order valence-corrected chi connectivity index (χ3v) is 8.78. The van der Waals surface area contributed by atoms with Crippen LogP contribution in [0.5, 0.6) is 0 Å². The third kappa shape index (κ3) is 4.90. The summed E-state index contributed by atoms with van der Waals surface area (Å²) in [6.45, 7) is 7.22. The summed E-state index contributed by atoms with van der Waals surface area (Å²) in [6, 6.07) is 0. The van der Waals surface area contributed by atoms with Gasteiger partial charge in [-0.1, -0.05) is 64.6 Å². The van der Waals surface area contributed by atoms with Crippen molar-refractivity contribution in [3.8, 4) is 0 Å². The van der Waals surface area contributed by atoms with E-state index in [1.165, 1.54) is 68.8 Å². The predicted molar refractivity (Wildman–Crippen MR) is 123 cm³/mol. The van der Waals surface area contributed by atoms with Crippen LogP contribution < -0.4 is 16.6 Å². The zero-order chi connectivity index (χ0) is 21.8. The van der Waals surface area contributed by atoms with E-state index >= 15 is 0 Å². The van der Waals surface area contributed by atoms with Gasteiger partial charge in [-0.15, -0.1) is 5.10 Å². The van der Waals surface area contributed by atoms with Crippen LogP contribution in [0.15, 0.2) is 10.2 Å². The number of carbonyl (C=O) groups excluding carboxylic acids is 2. The van der Waals surface area contributed by atoms with Gasteiger partial charge in [-0.05, 0) is 43.4 Å². The van der Waals surface area contributed by atoms with Crippen molar-refractivity contribution in [3.05, 3.63) is 0 Å². The number of rotatable bonds is 4. The van der Waals surface area contributed by atoms with Crippen LogP contribution in [0, 0.1) is 16.7 Å². The average molecular weight is 436 g/mol. The molecule has 1 aliphatic heterocycles. The van der Waals surface area contributed by atoms with Crippen LogP contribution in [0.25, 0.3) is 0 Å². The van der Waals surface area contributed by atoms with Crippen molar-refractivity contribution >= 4 is 34.5 Å². The number of amides is 2. The van der Waals surface area contributed by atoms with Crippen LogP contribution >= 0.6 is 11.8 Å². The van der Waals surface area contributed by atoms with Gasteiger partial charge in [-0.3, -0.25) is 15.0 Å². The molecule has 0 aromatic carbocycles. The second-order valence-electron chi connectivity index (χ2n) is 9.80. The fourth-order valence-electron chi connectivity index (χ4n) is 5.49. The largest absolute Gasteiger partial charge is 0.303 e. The van der Waals surface area contributed by atoms with E-state index in [2.05, 4.69) is 36.6 Å². The molecule has 30 heavy (non-hydrogen) atoms. The highest BCUT2D eigenvalue weighted by molar-refractivity contribution is 8.15. The van der Waals surface area contributed by atoms with Gasteiger partial charge in [0.15, 0.2) is 5.17 Å². The lowest BCUT2D eigenvalue weighted by molar-refractivity contribution is -0.125. The monoisotopic (exact) mass is 435 g/mol. The number of hydrogen-bond donors (Lipinski definition) is 3. The Balaban J connectivity index is 1.87. The van der Waals surface area contributed by atoms with Gasteiger partial charge in [0, 0.05) is 17.5 Å². The average Bonchev–Trinajstić information content (AvgIpc) is 2.89. The van der Waals surface area contributed by atoms with Gasteiger partial charge < -0.3 is 5.32 Å². The molecular weight excluding hydrogens is 398 g/mol. The Morgan fingerprint density at radius 2 is 1.83 bits per heavy atom. The predicted octanol–water partition coefficient (Wildman–Crippen LogP) is 3.89. The van der Waals surface area contributed by atoms with E-state index < -0.39 is 5.25 Å². The van der Waals surface area contributed by atoms with Crippen LogP contribution in [0.4, 0.5) is 0 Å². The number of nitrogens with zero attached hydrogens (tertiary/aromatic N) is 2. The van der Waals surface area contributed by atoms with E-state index in [0.29, 0.717) is 11.1 Å². The van der Waals surface area contributed by atoms with Crippen molar-refractivity contribution in [2.24, 2.45) is 32.8 Å². The van der Waals surface area contributed by atoms with E-state index in [4.69, 9.17) is 10.9 Å². The smallest absolute Gasteiger partial charge is 0.240 e. The van der Waals surface area contributed by atoms with Crippen LogP contribution in [-0.4, -0.2) is 27.9 Å². The Morgan fingerprint density at radius 1 is 1.13 bits per heavy atom. The fraction of sp³-hybridized carbons (Fsp3) is 0.818. The van der Waals surface area contributed by atoms with Crippen molar-refractivity contribution < 1.29 is 9.59 Å². The summed E-state index contributed by atoms with van der Waals surface area (Å²) in [5.74, 6) is 5.20. The Labute approximate surface area is 184 Å². The molecule has 2 aliphatic carbocycles. The van der Waals surface area contributed by atoms with Gasteiger partial charge in [-0.25, -0.2) is 5.84 Å². The lowest BCUT2D eigenvalue weighted by Crippen LogP contribution is -2.47. The summed E-state index contributed by atoms with van der Waals surface area (Å²) < 4.78 is 0. The summed E-state index contributed by atoms with van der Waals surface area (Å²) in [4.78, 5) is 23.7. The Kier molecular flexibility index (Phi) is 7.61. The molecule has 8 heteroatoms. The third-order valence-electron chi connectivity index (χ3n) is 7.71. The first-order chi connectivity index (χ1) is 14.3. The molecule has 2 atom stereocenters. The van der Waals surface area contributed by atoms with Crippen molar-refractivity contribution in [3.63, 3.8) is 0 Å². The molecule has 1 heterocycles. The molecule has 2 amide bonds. The number of carbonyl (C=O) groups is 2. The Morgan fingerprint density at radius 3 is 2.50 bits per heavy atom. The highest BCUT2D eigenvalue weighted by Gasteiger charge is 2.50. The van der Waals surface area contributed by atoms with Gasteiger partial charge in [-0.2, -0.15) is 5.10 Å². The lowest BCUT2D eigenvalue weighted by atomic mass is 9.55. The molecule has 0 aromatic rings. The molecule has 1 saturated heterocycles. The maximum atomic E-state index is 12.2. The second-order valence-corrected chi connectivity index (χ2v) is 11.0. The minimum Gasteiger partial charge on any atom is -0.303 e. The van der Waals surface area contributed by atoms with Crippen LogP contribution in [0.1, 0.15) is 91.4 Å². The number of nitrogens with one attached hydrogen (secondary N) is 2. The van der Waals surface area contributed by atoms with Crippen molar-refractivity contribution in [1.82, 2.24) is 10.7 Å². The van der Waals surface area contributed by atoms with Gasteiger partial charge in [0.2, 0.25) is 11.8 Å². The number of hydrogen-bond acceptors (Lipinski definition) is 6. The summed E-state index contributed by atoms with van der Waals surface area (Å²) in [7, 11) is 0. The molecule has 168 valence electrons. The number of hydrazine groups is 1. The maximum absolute atomic E-state index is 12.2. The first kappa shape index (κ1) is 23.3. The molecule has 4 N–H and O–H groups in total. The van der Waals surface area contributed by atoms with Gasteiger partial charge in [0.05, 0.1) is 0 Å². The first-order valence-electron chi connectivity index (χ1n) is 11.4. The SMILES string of the molecule is CC1(C)CCCCC(=NN=C2NC(=O)C(CC(=O)NN)S2)C1(C)C1CCCCCC1. The van der Waals surface area contributed by atoms with E-state index in [0.717, 1.165) is 12.8 Å². The van der Waals surface area contributed by atoms with Crippen molar-refractivity contribution in [2.45, 2.75) is 96.7 Å². The molecule has 0 aromatic heterocycles. The molecule has 2 saturated carbocycles. The quantitative estimate of drug-likeness (QED) is 0.269. The standard InChI is InChI=1S/C22H37N5O2S/c1-21(2)13-9-8-12-17(22(21,3)15-10-6-4-5-7-11-15)26-27-20-24-19(29)16(30-20)14-18(28)25-23/h15-16H,4-14,23H2,1-3H3,(H,25,28)(H,24,27,29). The van der Waals surface area contributed by atoms with Crippen molar-refractivity contribution in [2.75, 3.05) is 0 Å². The minimum absolute atomic E-state index is 0.00398. The highest BCUT2D eigenvalue weighted by atomic mass is 32.2. The second kappa shape index (κ2) is 9.81. The summed E-state index contributed by atoms with van der Waals surface area (Å²) in [6.07, 6.45) is 12.3. The molecule has 0 spiro atoms. The summed E-state index contributed by atoms with van der Waals surface area (Å²) in [5, 5.41) is 12.0. The number of nitrogens with two attached hydrogens (primary N) is 1. The Bertz CT molecular complexity index is 712. The normalized spacial score (nSPS) is 33.2. The number of amidine groups is 1. The maximum Gasteiger partial charge on any atom is 0.240 e. The van der Waals surface area contributed by atoms with E-state index in [-0.39, 0.29) is 29.1 Å². The van der Waals surface area contributed by atoms with Crippen LogP contribution in [-0.2, 0) is 9.59 Å². The molecule has 3 fully saturated rings. The molecule has 0 bridgehead atoms. The summed E-state index contributed by atoms with van der Waals surface area (Å²) >= 11 is 1.26. The minimum atomic E-state index is -0.508. The molecule has 3 rings (SSSR count). The Hall–Kier alpha value is -1.41.